The zero-order chi connectivity index (χ0) is 15.4. The summed E-state index contributed by atoms with van der Waals surface area (Å²) in [6.07, 6.45) is 1.54. The van der Waals surface area contributed by atoms with Crippen LogP contribution in [0.1, 0.15) is 0 Å². The lowest BCUT2D eigenvalue weighted by molar-refractivity contribution is 0.396. The Morgan fingerprint density at radius 3 is 2.36 bits per heavy atom. The third-order valence-electron chi connectivity index (χ3n) is 3.87. The average Bonchev–Trinajstić information content (AvgIpc) is 2.62. The number of hydrogen-bond donors (Lipinski definition) is 0. The van der Waals surface area contributed by atoms with Gasteiger partial charge in [-0.1, -0.05) is 12.1 Å². The molecule has 0 spiro atoms. The predicted octanol–water partition coefficient (Wildman–Crippen LogP) is 1.82. The molecule has 2 heterocycles. The summed E-state index contributed by atoms with van der Waals surface area (Å²) in [7, 11) is 3.33. The number of benzene rings is 1. The summed E-state index contributed by atoms with van der Waals surface area (Å²) in [4.78, 5) is 13.0. The van der Waals surface area contributed by atoms with E-state index in [1.807, 2.05) is 24.3 Å². The van der Waals surface area contributed by atoms with Crippen molar-refractivity contribution < 1.29 is 9.47 Å². The molecule has 116 valence electrons. The molecule has 0 unspecified atom stereocenters. The lowest BCUT2D eigenvalue weighted by atomic mass is 10.2. The van der Waals surface area contributed by atoms with Crippen molar-refractivity contribution in [2.75, 3.05) is 50.2 Å². The second kappa shape index (κ2) is 6.51. The van der Waals surface area contributed by atoms with E-state index in [0.717, 1.165) is 43.4 Å². The summed E-state index contributed by atoms with van der Waals surface area (Å²) in [5, 5.41) is 0. The van der Waals surface area contributed by atoms with Crippen LogP contribution < -0.4 is 19.3 Å². The maximum atomic E-state index is 5.45. The van der Waals surface area contributed by atoms with Crippen molar-refractivity contribution in [3.63, 3.8) is 0 Å². The quantitative estimate of drug-likeness (QED) is 0.858. The highest BCUT2D eigenvalue weighted by atomic mass is 16.5. The van der Waals surface area contributed by atoms with E-state index in [1.54, 1.807) is 20.5 Å². The predicted molar refractivity (Wildman–Crippen MR) is 86.0 cm³/mol. The molecule has 0 radical (unpaired) electrons. The molecule has 1 saturated heterocycles. The second-order valence-corrected chi connectivity index (χ2v) is 5.06. The summed E-state index contributed by atoms with van der Waals surface area (Å²) >= 11 is 0. The Morgan fingerprint density at radius 2 is 1.64 bits per heavy atom. The number of rotatable bonds is 4. The van der Waals surface area contributed by atoms with Crippen LogP contribution in [0.25, 0.3) is 0 Å². The first-order chi connectivity index (χ1) is 10.8. The standard InChI is InChI=1S/C16H20N4O2/c1-21-14-6-4-3-5-13(14)19-7-9-20(10-8-19)15-11-16(22-2)18-12-17-15/h3-6,11-12H,7-10H2,1-2H3. The molecule has 0 atom stereocenters. The number of aromatic nitrogens is 2. The van der Waals surface area contributed by atoms with E-state index in [4.69, 9.17) is 9.47 Å². The number of nitrogens with zero attached hydrogens (tertiary/aromatic N) is 4. The lowest BCUT2D eigenvalue weighted by Gasteiger charge is -2.37. The van der Waals surface area contributed by atoms with Crippen molar-refractivity contribution >= 4 is 11.5 Å². The molecule has 1 aromatic carbocycles. The molecule has 1 fully saturated rings. The van der Waals surface area contributed by atoms with Crippen LogP contribution in [-0.2, 0) is 0 Å². The minimum absolute atomic E-state index is 0.595. The Morgan fingerprint density at radius 1 is 0.909 bits per heavy atom. The maximum absolute atomic E-state index is 5.45. The first kappa shape index (κ1) is 14.4. The Balaban J connectivity index is 1.69. The maximum Gasteiger partial charge on any atom is 0.218 e. The summed E-state index contributed by atoms with van der Waals surface area (Å²) in [5.41, 5.74) is 1.14. The molecule has 1 aliphatic heterocycles. The third kappa shape index (κ3) is 2.90. The van der Waals surface area contributed by atoms with Crippen molar-refractivity contribution in [1.82, 2.24) is 9.97 Å². The van der Waals surface area contributed by atoms with E-state index >= 15 is 0 Å². The molecule has 0 N–H and O–H groups in total. The van der Waals surface area contributed by atoms with Gasteiger partial charge in [0, 0.05) is 32.2 Å². The molecule has 6 nitrogen and oxygen atoms in total. The van der Waals surface area contributed by atoms with E-state index in [0.29, 0.717) is 5.88 Å². The van der Waals surface area contributed by atoms with Gasteiger partial charge in [-0.25, -0.2) is 9.97 Å². The molecule has 0 bridgehead atoms. The van der Waals surface area contributed by atoms with Gasteiger partial charge in [0.2, 0.25) is 5.88 Å². The van der Waals surface area contributed by atoms with Gasteiger partial charge in [-0.3, -0.25) is 0 Å². The molecule has 22 heavy (non-hydrogen) atoms. The van der Waals surface area contributed by atoms with Crippen LogP contribution >= 0.6 is 0 Å². The van der Waals surface area contributed by atoms with E-state index in [9.17, 15) is 0 Å². The van der Waals surface area contributed by atoms with Crippen LogP contribution in [0.5, 0.6) is 11.6 Å². The van der Waals surface area contributed by atoms with E-state index < -0.39 is 0 Å². The smallest absolute Gasteiger partial charge is 0.218 e. The van der Waals surface area contributed by atoms with Crippen LogP contribution in [0.4, 0.5) is 11.5 Å². The van der Waals surface area contributed by atoms with E-state index in [-0.39, 0.29) is 0 Å². The number of piperazine rings is 1. The van der Waals surface area contributed by atoms with Crippen molar-refractivity contribution in [2.45, 2.75) is 0 Å². The Kier molecular flexibility index (Phi) is 4.27. The Labute approximate surface area is 130 Å². The fraction of sp³-hybridized carbons (Fsp3) is 0.375. The van der Waals surface area contributed by atoms with Crippen LogP contribution in [-0.4, -0.2) is 50.4 Å². The van der Waals surface area contributed by atoms with Crippen LogP contribution in [0.15, 0.2) is 36.7 Å². The summed E-state index contributed by atoms with van der Waals surface area (Å²) < 4.78 is 10.6. The van der Waals surface area contributed by atoms with E-state index in [2.05, 4.69) is 25.8 Å². The first-order valence-corrected chi connectivity index (χ1v) is 7.31. The minimum Gasteiger partial charge on any atom is -0.495 e. The Hall–Kier alpha value is -2.50. The van der Waals surface area contributed by atoms with Crippen LogP contribution in [0.3, 0.4) is 0 Å². The number of methoxy groups -OCH3 is 2. The molecule has 1 aliphatic rings. The van der Waals surface area contributed by atoms with Crippen LogP contribution in [0.2, 0.25) is 0 Å². The number of para-hydroxylation sites is 2. The SMILES string of the molecule is COc1cc(N2CCN(c3ccccc3OC)CC2)ncn1. The van der Waals surface area contributed by atoms with Gasteiger partial charge >= 0.3 is 0 Å². The van der Waals surface area contributed by atoms with Crippen molar-refractivity contribution in [1.29, 1.82) is 0 Å². The molecule has 0 amide bonds. The monoisotopic (exact) mass is 300 g/mol. The highest BCUT2D eigenvalue weighted by molar-refractivity contribution is 5.59. The average molecular weight is 300 g/mol. The van der Waals surface area contributed by atoms with Crippen molar-refractivity contribution in [3.8, 4) is 11.6 Å². The fourth-order valence-corrected chi connectivity index (χ4v) is 2.68. The van der Waals surface area contributed by atoms with Crippen molar-refractivity contribution in [3.05, 3.63) is 36.7 Å². The zero-order valence-corrected chi connectivity index (χ0v) is 12.9. The summed E-state index contributed by atoms with van der Waals surface area (Å²) in [5.74, 6) is 2.42. The first-order valence-electron chi connectivity index (χ1n) is 7.31. The zero-order valence-electron chi connectivity index (χ0n) is 12.9. The molecule has 3 rings (SSSR count). The normalized spacial score (nSPS) is 14.8. The number of hydrogen-bond acceptors (Lipinski definition) is 6. The highest BCUT2D eigenvalue weighted by Gasteiger charge is 2.20. The van der Waals surface area contributed by atoms with Gasteiger partial charge < -0.3 is 19.3 Å². The van der Waals surface area contributed by atoms with Gasteiger partial charge in [0.05, 0.1) is 19.9 Å². The van der Waals surface area contributed by atoms with Gasteiger partial charge in [0.1, 0.15) is 17.9 Å². The topological polar surface area (TPSA) is 50.7 Å². The van der Waals surface area contributed by atoms with Gasteiger partial charge in [-0.2, -0.15) is 0 Å². The summed E-state index contributed by atoms with van der Waals surface area (Å²) in [6.45, 7) is 3.65. The molecular weight excluding hydrogens is 280 g/mol. The number of anilines is 2. The van der Waals surface area contributed by atoms with Crippen LogP contribution in [0, 0.1) is 0 Å². The third-order valence-corrected chi connectivity index (χ3v) is 3.87. The Bertz CT molecular complexity index is 627. The molecule has 6 heteroatoms. The van der Waals surface area contributed by atoms with Gasteiger partial charge in [-0.15, -0.1) is 0 Å². The largest absolute Gasteiger partial charge is 0.495 e. The molecule has 2 aromatic rings. The molecular formula is C16H20N4O2. The molecule has 0 saturated carbocycles. The number of ether oxygens (including phenoxy) is 2. The second-order valence-electron chi connectivity index (χ2n) is 5.06. The molecule has 0 aliphatic carbocycles. The van der Waals surface area contributed by atoms with Gasteiger partial charge in [-0.05, 0) is 12.1 Å². The van der Waals surface area contributed by atoms with Gasteiger partial charge in [0.15, 0.2) is 0 Å². The van der Waals surface area contributed by atoms with Crippen molar-refractivity contribution in [2.24, 2.45) is 0 Å². The lowest BCUT2D eigenvalue weighted by Crippen LogP contribution is -2.47. The van der Waals surface area contributed by atoms with E-state index in [1.165, 1.54) is 0 Å². The van der Waals surface area contributed by atoms with Gasteiger partial charge in [0.25, 0.3) is 0 Å². The fourth-order valence-electron chi connectivity index (χ4n) is 2.68. The molecule has 1 aromatic heterocycles. The highest BCUT2D eigenvalue weighted by Crippen LogP contribution is 2.29. The minimum atomic E-state index is 0.595. The summed E-state index contributed by atoms with van der Waals surface area (Å²) in [6, 6.07) is 10.0.